The van der Waals surface area contributed by atoms with E-state index >= 15 is 0 Å². The van der Waals surface area contributed by atoms with Crippen molar-refractivity contribution in [2.45, 2.75) is 25.0 Å². The Morgan fingerprint density at radius 3 is 2.38 bits per heavy atom. The molecular weight excluding hydrogens is 326 g/mol. The van der Waals surface area contributed by atoms with E-state index < -0.39 is 0 Å². The third-order valence-electron chi connectivity index (χ3n) is 5.63. The minimum atomic E-state index is 0.0413. The van der Waals surface area contributed by atoms with Gasteiger partial charge < -0.3 is 14.5 Å². The van der Waals surface area contributed by atoms with E-state index in [4.69, 9.17) is 4.74 Å². The predicted molar refractivity (Wildman–Crippen MR) is 103 cm³/mol. The number of fused-ring (bicyclic) bond motifs is 1. The minimum absolute atomic E-state index is 0.0413. The van der Waals surface area contributed by atoms with Crippen molar-refractivity contribution in [3.8, 4) is 5.75 Å². The van der Waals surface area contributed by atoms with Crippen LogP contribution >= 0.6 is 0 Å². The molecule has 3 atom stereocenters. The number of anilines is 2. The van der Waals surface area contributed by atoms with Crippen molar-refractivity contribution in [2.24, 2.45) is 0 Å². The number of ether oxygens (including phenoxy) is 1. The van der Waals surface area contributed by atoms with Crippen LogP contribution in [0, 0.1) is 0 Å². The molecule has 0 bridgehead atoms. The number of nitrogens with one attached hydrogen (secondary N) is 1. The van der Waals surface area contributed by atoms with Crippen LogP contribution in [0.4, 0.5) is 11.4 Å². The van der Waals surface area contributed by atoms with Gasteiger partial charge in [0.05, 0.1) is 19.3 Å². The highest BCUT2D eigenvalue weighted by Gasteiger charge is 2.53. The number of hydrogen-bond acceptors (Lipinski definition) is 3. The highest BCUT2D eigenvalue weighted by molar-refractivity contribution is 5.98. The van der Waals surface area contributed by atoms with Gasteiger partial charge in [-0.15, -0.1) is 0 Å². The van der Waals surface area contributed by atoms with E-state index in [2.05, 4.69) is 29.2 Å². The quantitative estimate of drug-likeness (QED) is 0.913. The van der Waals surface area contributed by atoms with Crippen LogP contribution in [0.25, 0.3) is 0 Å². The lowest BCUT2D eigenvalue weighted by Gasteiger charge is -2.27. The molecule has 1 unspecified atom stereocenters. The number of methoxy groups -OCH3 is 1. The molecule has 5 nitrogen and oxygen atoms in total. The first-order valence-corrected chi connectivity index (χ1v) is 9.20. The topological polar surface area (TPSA) is 37.2 Å². The van der Waals surface area contributed by atoms with Crippen LogP contribution in [0.15, 0.2) is 48.5 Å². The molecule has 0 aliphatic carbocycles. The van der Waals surface area contributed by atoms with E-state index in [0.717, 1.165) is 30.8 Å². The Morgan fingerprint density at radius 2 is 1.77 bits per heavy atom. The Labute approximate surface area is 154 Å². The van der Waals surface area contributed by atoms with E-state index in [9.17, 15) is 4.79 Å². The van der Waals surface area contributed by atoms with Gasteiger partial charge in [-0.05, 0) is 48.5 Å². The number of quaternary nitrogens is 1. The van der Waals surface area contributed by atoms with Crippen molar-refractivity contribution in [3.05, 3.63) is 54.1 Å². The first-order valence-electron chi connectivity index (χ1n) is 9.20. The van der Waals surface area contributed by atoms with Gasteiger partial charge in [0.25, 0.3) is 5.91 Å². The van der Waals surface area contributed by atoms with Crippen LogP contribution < -0.4 is 19.4 Å². The molecule has 1 N–H and O–H groups in total. The van der Waals surface area contributed by atoms with E-state index in [1.165, 1.54) is 16.2 Å². The van der Waals surface area contributed by atoms with E-state index in [-0.39, 0.29) is 18.1 Å². The van der Waals surface area contributed by atoms with Crippen LogP contribution in [-0.4, -0.2) is 39.7 Å². The summed E-state index contributed by atoms with van der Waals surface area (Å²) in [5, 5.41) is 0. The summed E-state index contributed by atoms with van der Waals surface area (Å²) < 4.78 is 5.27. The smallest absolute Gasteiger partial charge is 0.290 e. The number of carbonyl (C=O) groups is 1. The van der Waals surface area contributed by atoms with Gasteiger partial charge in [-0.1, -0.05) is 0 Å². The fraction of sp³-hybridized carbons (Fsp3) is 0.381. The van der Waals surface area contributed by atoms with Crippen molar-refractivity contribution in [1.29, 1.82) is 0 Å². The van der Waals surface area contributed by atoms with Gasteiger partial charge in [0.15, 0.2) is 12.2 Å². The van der Waals surface area contributed by atoms with Gasteiger partial charge in [-0.3, -0.25) is 9.69 Å². The molecule has 5 heteroatoms. The molecule has 0 aromatic heterocycles. The molecule has 26 heavy (non-hydrogen) atoms. The van der Waals surface area contributed by atoms with Gasteiger partial charge in [0.1, 0.15) is 5.75 Å². The van der Waals surface area contributed by atoms with Crippen LogP contribution in [0.2, 0.25) is 0 Å². The lowest BCUT2D eigenvalue weighted by molar-refractivity contribution is -0.924. The average molecular weight is 352 g/mol. The zero-order valence-corrected chi connectivity index (χ0v) is 15.6. The standard InChI is InChI=1S/C21H25N3O2/c1-22(2)16-8-6-15(7-9-16)20-23-14-4-5-19(23)21(25)24(20)17-10-12-18(26-3)13-11-17/h6-13,19-20H,4-5,14H2,1-3H3/p+1/t19-,20-/m1/s1. The summed E-state index contributed by atoms with van der Waals surface area (Å²) in [6.07, 6.45) is 2.14. The molecule has 2 saturated heterocycles. The fourth-order valence-corrected chi connectivity index (χ4v) is 4.28. The second-order valence-corrected chi connectivity index (χ2v) is 7.31. The van der Waals surface area contributed by atoms with Crippen molar-refractivity contribution < 1.29 is 14.4 Å². The molecule has 2 heterocycles. The van der Waals surface area contributed by atoms with Gasteiger partial charge in [-0.2, -0.15) is 0 Å². The molecule has 2 aliphatic rings. The van der Waals surface area contributed by atoms with E-state index in [0.29, 0.717) is 0 Å². The zero-order valence-electron chi connectivity index (χ0n) is 15.6. The number of hydrogen-bond donors (Lipinski definition) is 1. The van der Waals surface area contributed by atoms with Gasteiger partial charge in [-0.25, -0.2) is 0 Å². The lowest BCUT2D eigenvalue weighted by Crippen LogP contribution is -3.12. The summed E-state index contributed by atoms with van der Waals surface area (Å²) in [7, 11) is 5.74. The maximum atomic E-state index is 13.2. The molecule has 2 aliphatic heterocycles. The van der Waals surface area contributed by atoms with Crippen LogP contribution in [0.1, 0.15) is 24.6 Å². The molecule has 2 fully saturated rings. The minimum Gasteiger partial charge on any atom is -0.497 e. The van der Waals surface area contributed by atoms with Crippen LogP contribution in [-0.2, 0) is 4.79 Å². The van der Waals surface area contributed by atoms with Crippen molar-refractivity contribution in [3.63, 3.8) is 0 Å². The third-order valence-corrected chi connectivity index (χ3v) is 5.63. The number of benzene rings is 2. The fourth-order valence-electron chi connectivity index (χ4n) is 4.28. The molecule has 1 amide bonds. The second-order valence-electron chi connectivity index (χ2n) is 7.31. The molecule has 2 aromatic carbocycles. The molecule has 2 aromatic rings. The molecule has 0 saturated carbocycles. The van der Waals surface area contributed by atoms with Gasteiger partial charge in [0.2, 0.25) is 0 Å². The monoisotopic (exact) mass is 352 g/mol. The molecule has 136 valence electrons. The second kappa shape index (κ2) is 6.65. The number of carbonyl (C=O) groups excluding carboxylic acids is 1. The predicted octanol–water partition coefficient (Wildman–Crippen LogP) is 1.85. The largest absolute Gasteiger partial charge is 0.497 e. The number of rotatable bonds is 4. The third kappa shape index (κ3) is 2.72. The Morgan fingerprint density at radius 1 is 1.08 bits per heavy atom. The van der Waals surface area contributed by atoms with Gasteiger partial charge >= 0.3 is 0 Å². The van der Waals surface area contributed by atoms with Crippen molar-refractivity contribution >= 4 is 17.3 Å². The number of nitrogens with zero attached hydrogens (tertiary/aromatic N) is 2. The van der Waals surface area contributed by atoms with E-state index in [1.807, 2.05) is 43.3 Å². The first kappa shape index (κ1) is 16.9. The number of amides is 1. The average Bonchev–Trinajstić information content (AvgIpc) is 3.24. The van der Waals surface area contributed by atoms with Crippen molar-refractivity contribution in [1.82, 2.24) is 0 Å². The summed E-state index contributed by atoms with van der Waals surface area (Å²) in [6.45, 7) is 1.04. The molecular formula is C21H26N3O2+. The Kier molecular flexibility index (Phi) is 4.32. The van der Waals surface area contributed by atoms with Crippen molar-refractivity contribution in [2.75, 3.05) is 37.5 Å². The molecule has 0 spiro atoms. The maximum Gasteiger partial charge on any atom is 0.290 e. The maximum absolute atomic E-state index is 13.2. The molecule has 0 radical (unpaired) electrons. The Balaban J connectivity index is 1.73. The summed E-state index contributed by atoms with van der Waals surface area (Å²) in [4.78, 5) is 18.6. The Hall–Kier alpha value is -2.53. The SMILES string of the molecule is COc1ccc(N2C(=O)[C@H]3CCC[NH+]3[C@H]2c2ccc(N(C)C)cc2)cc1. The zero-order chi connectivity index (χ0) is 18.3. The summed E-state index contributed by atoms with van der Waals surface area (Å²) in [5.41, 5.74) is 3.31. The Bertz CT molecular complexity index is 786. The highest BCUT2D eigenvalue weighted by Crippen LogP contribution is 2.32. The highest BCUT2D eigenvalue weighted by atomic mass is 16.5. The summed E-state index contributed by atoms with van der Waals surface area (Å²) in [6, 6.07) is 16.5. The van der Waals surface area contributed by atoms with Crippen LogP contribution in [0.3, 0.4) is 0 Å². The van der Waals surface area contributed by atoms with Gasteiger partial charge in [0, 0.05) is 38.2 Å². The summed E-state index contributed by atoms with van der Waals surface area (Å²) >= 11 is 0. The molecule has 4 rings (SSSR count). The normalized spacial score (nSPS) is 24.7. The lowest BCUT2D eigenvalue weighted by atomic mass is 10.1. The first-order chi connectivity index (χ1) is 12.6. The van der Waals surface area contributed by atoms with E-state index in [1.54, 1.807) is 7.11 Å². The summed E-state index contributed by atoms with van der Waals surface area (Å²) in [5.74, 6) is 1.05. The van der Waals surface area contributed by atoms with Crippen LogP contribution in [0.5, 0.6) is 5.75 Å².